The number of hydrogen-bond acceptors (Lipinski definition) is 7. The third-order valence-corrected chi connectivity index (χ3v) is 4.85. The molecule has 0 bridgehead atoms. The van der Waals surface area contributed by atoms with E-state index in [1.807, 2.05) is 61.5 Å². The number of benzene rings is 2. The third-order valence-electron chi connectivity index (χ3n) is 3.90. The van der Waals surface area contributed by atoms with Gasteiger partial charge in [-0.3, -0.25) is 0 Å². The van der Waals surface area contributed by atoms with Gasteiger partial charge in [-0.1, -0.05) is 30.0 Å². The lowest BCUT2D eigenvalue weighted by atomic mass is 10.2. The van der Waals surface area contributed by atoms with Crippen molar-refractivity contribution < 1.29 is 9.15 Å². The highest BCUT2D eigenvalue weighted by Gasteiger charge is 2.18. The zero-order valence-corrected chi connectivity index (χ0v) is 15.6. The monoisotopic (exact) mass is 379 g/mol. The molecule has 7 nitrogen and oxygen atoms in total. The highest BCUT2D eigenvalue weighted by molar-refractivity contribution is 7.99. The predicted octanol–water partition coefficient (Wildman–Crippen LogP) is 4.18. The van der Waals surface area contributed by atoms with Gasteiger partial charge in [0.05, 0.1) is 18.0 Å². The summed E-state index contributed by atoms with van der Waals surface area (Å²) in [6, 6.07) is 17.3. The van der Waals surface area contributed by atoms with E-state index in [0.29, 0.717) is 16.9 Å². The lowest BCUT2D eigenvalue weighted by Gasteiger charge is -2.03. The van der Waals surface area contributed by atoms with E-state index in [1.54, 1.807) is 18.1 Å². The van der Waals surface area contributed by atoms with Crippen molar-refractivity contribution in [2.24, 2.45) is 0 Å². The first-order chi connectivity index (χ1) is 13.2. The van der Waals surface area contributed by atoms with Gasteiger partial charge in [-0.05, 0) is 43.3 Å². The van der Waals surface area contributed by atoms with Gasteiger partial charge in [-0.15, -0.1) is 15.3 Å². The largest absolute Gasteiger partial charge is 0.497 e. The van der Waals surface area contributed by atoms with Crippen LogP contribution in [0.25, 0.3) is 17.1 Å². The Morgan fingerprint density at radius 1 is 1.04 bits per heavy atom. The van der Waals surface area contributed by atoms with Crippen LogP contribution in [0, 0.1) is 0 Å². The average Bonchev–Trinajstić information content (AvgIpc) is 3.39. The Labute approximate surface area is 160 Å². The molecule has 2 heterocycles. The number of methoxy groups -OCH3 is 1. The Bertz CT molecular complexity index is 1010. The first-order valence-corrected chi connectivity index (χ1v) is 9.22. The number of nitrogens with zero attached hydrogens (tertiary/aromatic N) is 5. The van der Waals surface area contributed by atoms with E-state index in [1.165, 1.54) is 11.8 Å². The van der Waals surface area contributed by atoms with Gasteiger partial charge in [-0.2, -0.15) is 0 Å². The molecule has 4 rings (SSSR count). The van der Waals surface area contributed by atoms with Crippen molar-refractivity contribution in [3.63, 3.8) is 0 Å². The smallest absolute Gasteiger partial charge is 0.247 e. The van der Waals surface area contributed by atoms with Gasteiger partial charge < -0.3 is 9.15 Å². The summed E-state index contributed by atoms with van der Waals surface area (Å²) in [7, 11) is 1.63. The molecule has 0 N–H and O–H groups in total. The van der Waals surface area contributed by atoms with Crippen molar-refractivity contribution in [3.05, 3.63) is 66.8 Å². The maximum Gasteiger partial charge on any atom is 0.247 e. The second-order valence-corrected chi connectivity index (χ2v) is 7.05. The van der Waals surface area contributed by atoms with E-state index < -0.39 is 0 Å². The molecule has 0 saturated carbocycles. The van der Waals surface area contributed by atoms with Gasteiger partial charge in [0.15, 0.2) is 0 Å². The van der Waals surface area contributed by atoms with Gasteiger partial charge in [0.1, 0.15) is 12.1 Å². The van der Waals surface area contributed by atoms with Crippen LogP contribution >= 0.6 is 11.8 Å². The fourth-order valence-corrected chi connectivity index (χ4v) is 3.22. The molecule has 0 fully saturated rings. The van der Waals surface area contributed by atoms with Crippen molar-refractivity contribution in [1.82, 2.24) is 25.0 Å². The van der Waals surface area contributed by atoms with Crippen LogP contribution in [0.5, 0.6) is 5.75 Å². The molecule has 2 aromatic carbocycles. The van der Waals surface area contributed by atoms with Crippen LogP contribution in [0.4, 0.5) is 0 Å². The van der Waals surface area contributed by atoms with Crippen LogP contribution in [0.1, 0.15) is 18.1 Å². The van der Waals surface area contributed by atoms with E-state index in [9.17, 15) is 0 Å². The number of para-hydroxylation sites is 1. The van der Waals surface area contributed by atoms with Crippen LogP contribution in [0.2, 0.25) is 0 Å². The first-order valence-electron chi connectivity index (χ1n) is 8.34. The Kier molecular flexibility index (Phi) is 4.88. The van der Waals surface area contributed by atoms with Gasteiger partial charge in [0.25, 0.3) is 0 Å². The molecule has 0 aliphatic rings. The van der Waals surface area contributed by atoms with Crippen LogP contribution < -0.4 is 4.74 Å². The van der Waals surface area contributed by atoms with Crippen molar-refractivity contribution >= 4 is 11.8 Å². The Balaban J connectivity index is 1.46. The summed E-state index contributed by atoms with van der Waals surface area (Å²) < 4.78 is 12.7. The molecule has 2 aromatic heterocycles. The second kappa shape index (κ2) is 7.63. The Hall–Kier alpha value is -3.13. The summed E-state index contributed by atoms with van der Waals surface area (Å²) in [4.78, 5) is 4.35. The number of rotatable bonds is 6. The van der Waals surface area contributed by atoms with E-state index >= 15 is 0 Å². The SMILES string of the molecule is COc1ccc(-c2nnc(C(C)Sc3ncn(-c4ccccc4)n3)o2)cc1. The molecule has 0 radical (unpaired) electrons. The molecule has 0 spiro atoms. The van der Waals surface area contributed by atoms with Crippen molar-refractivity contribution in [3.8, 4) is 22.9 Å². The first kappa shape index (κ1) is 17.3. The van der Waals surface area contributed by atoms with E-state index in [0.717, 1.165) is 17.0 Å². The fraction of sp³-hybridized carbons (Fsp3) is 0.158. The van der Waals surface area contributed by atoms with Crippen LogP contribution in [0.3, 0.4) is 0 Å². The minimum absolute atomic E-state index is 0.0730. The summed E-state index contributed by atoms with van der Waals surface area (Å²) in [5.41, 5.74) is 1.81. The molecule has 8 heteroatoms. The normalized spacial score (nSPS) is 12.1. The number of hydrogen-bond donors (Lipinski definition) is 0. The van der Waals surface area contributed by atoms with Gasteiger partial charge in [0, 0.05) is 5.56 Å². The minimum Gasteiger partial charge on any atom is -0.497 e. The molecule has 1 unspecified atom stereocenters. The molecule has 136 valence electrons. The zero-order valence-electron chi connectivity index (χ0n) is 14.8. The highest BCUT2D eigenvalue weighted by Crippen LogP contribution is 2.33. The zero-order chi connectivity index (χ0) is 18.6. The van der Waals surface area contributed by atoms with Crippen LogP contribution in [-0.4, -0.2) is 32.1 Å². The predicted molar refractivity (Wildman–Crippen MR) is 102 cm³/mol. The van der Waals surface area contributed by atoms with Gasteiger partial charge in [0.2, 0.25) is 16.9 Å². The quantitative estimate of drug-likeness (QED) is 0.465. The molecule has 4 aromatic rings. The fourth-order valence-electron chi connectivity index (χ4n) is 2.46. The summed E-state index contributed by atoms with van der Waals surface area (Å²) in [6.07, 6.45) is 1.70. The Morgan fingerprint density at radius 2 is 1.81 bits per heavy atom. The standard InChI is InChI=1S/C19H17N5O2S/c1-13(27-19-20-12-24(23-19)15-6-4-3-5-7-15)17-21-22-18(26-17)14-8-10-16(25-2)11-9-14/h3-13H,1-2H3. The van der Waals surface area contributed by atoms with Crippen LogP contribution in [-0.2, 0) is 0 Å². The van der Waals surface area contributed by atoms with Crippen molar-refractivity contribution in [2.75, 3.05) is 7.11 Å². The molecular weight excluding hydrogens is 362 g/mol. The molecule has 0 amide bonds. The maximum absolute atomic E-state index is 5.82. The summed E-state index contributed by atoms with van der Waals surface area (Å²) in [6.45, 7) is 1.99. The topological polar surface area (TPSA) is 78.9 Å². The third kappa shape index (κ3) is 3.85. The minimum atomic E-state index is -0.0730. The van der Waals surface area contributed by atoms with E-state index in [4.69, 9.17) is 9.15 Å². The lowest BCUT2D eigenvalue weighted by molar-refractivity contribution is 0.415. The van der Waals surface area contributed by atoms with E-state index in [2.05, 4.69) is 20.3 Å². The molecular formula is C19H17N5O2S. The van der Waals surface area contributed by atoms with Gasteiger partial charge in [-0.25, -0.2) is 9.67 Å². The summed E-state index contributed by atoms with van der Waals surface area (Å²) in [5.74, 6) is 1.78. The highest BCUT2D eigenvalue weighted by atomic mass is 32.2. The molecule has 1 atom stereocenters. The second-order valence-electron chi connectivity index (χ2n) is 5.74. The number of thioether (sulfide) groups is 1. The molecule has 27 heavy (non-hydrogen) atoms. The average molecular weight is 379 g/mol. The van der Waals surface area contributed by atoms with Crippen LogP contribution in [0.15, 0.2) is 70.5 Å². The number of aromatic nitrogens is 5. The van der Waals surface area contributed by atoms with Crippen molar-refractivity contribution in [1.29, 1.82) is 0 Å². The van der Waals surface area contributed by atoms with Crippen molar-refractivity contribution in [2.45, 2.75) is 17.3 Å². The summed E-state index contributed by atoms with van der Waals surface area (Å²) in [5, 5.41) is 13.4. The molecule has 0 saturated heterocycles. The number of ether oxygens (including phenoxy) is 1. The van der Waals surface area contributed by atoms with E-state index in [-0.39, 0.29) is 5.25 Å². The lowest BCUT2D eigenvalue weighted by Crippen LogP contribution is -1.94. The Morgan fingerprint density at radius 3 is 2.56 bits per heavy atom. The van der Waals surface area contributed by atoms with Gasteiger partial charge >= 0.3 is 0 Å². The summed E-state index contributed by atoms with van der Waals surface area (Å²) >= 11 is 1.47. The maximum atomic E-state index is 5.82. The molecule has 0 aliphatic carbocycles. The molecule has 0 aliphatic heterocycles.